The monoisotopic (exact) mass is 419 g/mol. The lowest BCUT2D eigenvalue weighted by Crippen LogP contribution is -2.25. The molecule has 1 atom stereocenters. The molecule has 0 spiro atoms. The van der Waals surface area contributed by atoms with Gasteiger partial charge in [-0.15, -0.1) is 0 Å². The molecule has 0 saturated carbocycles. The zero-order valence-corrected chi connectivity index (χ0v) is 17.5. The van der Waals surface area contributed by atoms with Crippen LogP contribution in [-0.4, -0.2) is 26.6 Å². The van der Waals surface area contributed by atoms with E-state index in [1.807, 2.05) is 24.3 Å². The molecule has 0 saturated heterocycles. The van der Waals surface area contributed by atoms with Crippen LogP contribution in [0.3, 0.4) is 0 Å². The SMILES string of the molecule is COc1cccc2c1-c1ccc(CS(N)(=O)=O)cc1C(CCC(C)(C)C(=O)O)O2. The first-order chi connectivity index (χ1) is 13.5. The maximum Gasteiger partial charge on any atom is 0.309 e. The summed E-state index contributed by atoms with van der Waals surface area (Å²) < 4.78 is 34.8. The fourth-order valence-electron chi connectivity index (χ4n) is 3.50. The van der Waals surface area contributed by atoms with Gasteiger partial charge in [0.05, 0.1) is 23.8 Å². The molecule has 156 valence electrons. The van der Waals surface area contributed by atoms with Crippen LogP contribution in [0.15, 0.2) is 36.4 Å². The van der Waals surface area contributed by atoms with Gasteiger partial charge in [0.1, 0.15) is 17.6 Å². The Morgan fingerprint density at radius 2 is 2.00 bits per heavy atom. The molecule has 29 heavy (non-hydrogen) atoms. The van der Waals surface area contributed by atoms with E-state index in [9.17, 15) is 18.3 Å². The topological polar surface area (TPSA) is 116 Å². The minimum Gasteiger partial charge on any atom is -0.496 e. The predicted octanol–water partition coefficient (Wildman–Crippen LogP) is 3.48. The van der Waals surface area contributed by atoms with Crippen LogP contribution >= 0.6 is 0 Å². The van der Waals surface area contributed by atoms with Gasteiger partial charge in [0.15, 0.2) is 0 Å². The second-order valence-corrected chi connectivity index (χ2v) is 9.51. The number of hydrogen-bond acceptors (Lipinski definition) is 5. The molecule has 1 aliphatic heterocycles. The van der Waals surface area contributed by atoms with Crippen molar-refractivity contribution in [3.8, 4) is 22.6 Å². The van der Waals surface area contributed by atoms with Crippen LogP contribution in [0.25, 0.3) is 11.1 Å². The third kappa shape index (κ3) is 4.54. The molecule has 1 aliphatic rings. The van der Waals surface area contributed by atoms with E-state index in [-0.39, 0.29) is 5.75 Å². The second-order valence-electron chi connectivity index (χ2n) is 7.90. The van der Waals surface area contributed by atoms with Crippen molar-refractivity contribution in [3.05, 3.63) is 47.5 Å². The number of nitrogens with two attached hydrogens (primary N) is 1. The number of primary sulfonamides is 1. The maximum atomic E-state index is 11.5. The Labute approximate surface area is 170 Å². The molecular weight excluding hydrogens is 394 g/mol. The standard InChI is InChI=1S/C21H25NO6S/c1-21(2,20(23)24)10-9-16-15-11-13(12-29(22,25)26)7-8-14(15)19-17(27-3)5-4-6-18(19)28-16/h4-8,11,16H,9-10,12H2,1-3H3,(H,23,24)(H2,22,25,26). The summed E-state index contributed by atoms with van der Waals surface area (Å²) in [6, 6.07) is 10.8. The lowest BCUT2D eigenvalue weighted by Gasteiger charge is -2.32. The van der Waals surface area contributed by atoms with Crippen molar-refractivity contribution in [2.24, 2.45) is 10.6 Å². The second kappa shape index (κ2) is 7.68. The van der Waals surface area contributed by atoms with Crippen LogP contribution in [0.4, 0.5) is 0 Å². The van der Waals surface area contributed by atoms with Gasteiger partial charge in [0, 0.05) is 5.56 Å². The molecular formula is C21H25NO6S. The van der Waals surface area contributed by atoms with Gasteiger partial charge in [-0.05, 0) is 49.9 Å². The smallest absolute Gasteiger partial charge is 0.309 e. The van der Waals surface area contributed by atoms with E-state index in [1.54, 1.807) is 33.1 Å². The van der Waals surface area contributed by atoms with Crippen LogP contribution in [0, 0.1) is 5.41 Å². The van der Waals surface area contributed by atoms with Gasteiger partial charge in [0.25, 0.3) is 0 Å². The minimum absolute atomic E-state index is 0.285. The Bertz CT molecular complexity index is 1050. The number of carboxylic acids is 1. The summed E-state index contributed by atoms with van der Waals surface area (Å²) >= 11 is 0. The van der Waals surface area contributed by atoms with Gasteiger partial charge < -0.3 is 14.6 Å². The summed E-state index contributed by atoms with van der Waals surface area (Å²) in [6.45, 7) is 3.35. The van der Waals surface area contributed by atoms with E-state index in [4.69, 9.17) is 14.6 Å². The molecule has 0 radical (unpaired) electrons. The molecule has 0 fully saturated rings. The van der Waals surface area contributed by atoms with Crippen molar-refractivity contribution >= 4 is 16.0 Å². The third-order valence-electron chi connectivity index (χ3n) is 5.19. The van der Waals surface area contributed by atoms with Crippen LogP contribution < -0.4 is 14.6 Å². The molecule has 3 rings (SSSR count). The van der Waals surface area contributed by atoms with E-state index in [0.29, 0.717) is 29.9 Å². The van der Waals surface area contributed by atoms with Crippen molar-refractivity contribution in [3.63, 3.8) is 0 Å². The van der Waals surface area contributed by atoms with Crippen LogP contribution in [0.5, 0.6) is 11.5 Å². The third-order valence-corrected chi connectivity index (χ3v) is 5.92. The van der Waals surface area contributed by atoms with Crippen molar-refractivity contribution < 1.29 is 27.8 Å². The predicted molar refractivity (Wildman–Crippen MR) is 109 cm³/mol. The Balaban J connectivity index is 2.06. The van der Waals surface area contributed by atoms with Crippen molar-refractivity contribution in [2.45, 2.75) is 38.5 Å². The summed E-state index contributed by atoms with van der Waals surface area (Å²) in [5.41, 5.74) is 2.11. The Kier molecular flexibility index (Phi) is 5.60. The highest BCUT2D eigenvalue weighted by Gasteiger charge is 2.33. The molecule has 1 heterocycles. The quantitative estimate of drug-likeness (QED) is 0.710. The molecule has 0 amide bonds. The molecule has 0 bridgehead atoms. The molecule has 0 aliphatic carbocycles. The Morgan fingerprint density at radius 1 is 1.28 bits per heavy atom. The first-order valence-corrected chi connectivity index (χ1v) is 10.9. The summed E-state index contributed by atoms with van der Waals surface area (Å²) in [7, 11) is -2.11. The van der Waals surface area contributed by atoms with E-state index in [2.05, 4.69) is 0 Å². The van der Waals surface area contributed by atoms with Crippen LogP contribution in [-0.2, 0) is 20.6 Å². The number of carbonyl (C=O) groups is 1. The van der Waals surface area contributed by atoms with E-state index >= 15 is 0 Å². The fraction of sp³-hybridized carbons (Fsp3) is 0.381. The summed E-state index contributed by atoms with van der Waals surface area (Å²) in [5.74, 6) is 0.131. The number of ether oxygens (including phenoxy) is 2. The first kappa shape index (κ1) is 21.1. The van der Waals surface area contributed by atoms with Gasteiger partial charge in [0.2, 0.25) is 10.0 Å². The Morgan fingerprint density at radius 3 is 2.62 bits per heavy atom. The average Bonchev–Trinajstić information content (AvgIpc) is 2.64. The highest BCUT2D eigenvalue weighted by atomic mass is 32.2. The van der Waals surface area contributed by atoms with Gasteiger partial charge in [-0.1, -0.05) is 24.3 Å². The first-order valence-electron chi connectivity index (χ1n) is 9.22. The number of fused-ring (bicyclic) bond motifs is 3. The number of methoxy groups -OCH3 is 1. The van der Waals surface area contributed by atoms with E-state index in [0.717, 1.165) is 16.7 Å². The number of hydrogen-bond donors (Lipinski definition) is 2. The normalized spacial score (nSPS) is 15.8. The van der Waals surface area contributed by atoms with Gasteiger partial charge in [-0.25, -0.2) is 13.6 Å². The van der Waals surface area contributed by atoms with Gasteiger partial charge in [-0.2, -0.15) is 0 Å². The fourth-order valence-corrected chi connectivity index (χ4v) is 4.15. The Hall–Kier alpha value is -2.58. The number of benzene rings is 2. The average molecular weight is 419 g/mol. The largest absolute Gasteiger partial charge is 0.496 e. The molecule has 7 nitrogen and oxygen atoms in total. The minimum atomic E-state index is -3.68. The van der Waals surface area contributed by atoms with Gasteiger partial charge in [-0.3, -0.25) is 4.79 Å². The summed E-state index contributed by atoms with van der Waals surface area (Å²) in [4.78, 5) is 11.5. The zero-order valence-electron chi connectivity index (χ0n) is 16.6. The van der Waals surface area contributed by atoms with Gasteiger partial charge >= 0.3 is 5.97 Å². The highest BCUT2D eigenvalue weighted by Crippen LogP contribution is 2.49. The molecule has 0 aromatic heterocycles. The van der Waals surface area contributed by atoms with Crippen molar-refractivity contribution in [2.75, 3.05) is 7.11 Å². The molecule has 2 aromatic carbocycles. The van der Waals surface area contributed by atoms with Crippen LogP contribution in [0.2, 0.25) is 0 Å². The van der Waals surface area contributed by atoms with Crippen molar-refractivity contribution in [1.29, 1.82) is 0 Å². The lowest BCUT2D eigenvalue weighted by molar-refractivity contribution is -0.147. The number of carboxylic acid groups (broad SMARTS) is 1. The summed E-state index contributed by atoms with van der Waals surface area (Å²) in [6.07, 6.45) is 0.441. The number of rotatable bonds is 7. The number of sulfonamides is 1. The summed E-state index contributed by atoms with van der Waals surface area (Å²) in [5, 5.41) is 14.6. The molecule has 8 heteroatoms. The lowest BCUT2D eigenvalue weighted by atomic mass is 9.83. The molecule has 2 aromatic rings. The van der Waals surface area contributed by atoms with E-state index in [1.165, 1.54) is 0 Å². The zero-order chi connectivity index (χ0) is 21.4. The maximum absolute atomic E-state index is 11.5. The molecule has 1 unspecified atom stereocenters. The van der Waals surface area contributed by atoms with E-state index < -0.39 is 27.5 Å². The number of aliphatic carboxylic acids is 1. The molecule has 3 N–H and O–H groups in total. The van der Waals surface area contributed by atoms with Crippen molar-refractivity contribution in [1.82, 2.24) is 0 Å². The highest BCUT2D eigenvalue weighted by molar-refractivity contribution is 7.88. The van der Waals surface area contributed by atoms with Crippen LogP contribution in [0.1, 0.15) is 43.9 Å².